The Kier molecular flexibility index (Phi) is 5.29. The quantitative estimate of drug-likeness (QED) is 0.862. The molecule has 2 saturated heterocycles. The highest BCUT2D eigenvalue weighted by atomic mass is 19.1. The first-order chi connectivity index (χ1) is 13.2. The Morgan fingerprint density at radius 1 is 1.07 bits per heavy atom. The van der Waals surface area contributed by atoms with Crippen LogP contribution in [0.15, 0.2) is 36.4 Å². The topological polar surface area (TPSA) is 66.7 Å². The van der Waals surface area contributed by atoms with Crippen LogP contribution in [0.3, 0.4) is 0 Å². The van der Waals surface area contributed by atoms with Gasteiger partial charge < -0.3 is 25.6 Å². The number of nitrogens with two attached hydrogens (primary N) is 1. The SMILES string of the molecule is Nc1cc(N2CCOCC2)cc(N[C@@H]2CCCN(c3cccc(F)c3)C2)n1. The molecule has 3 N–H and O–H groups in total. The Morgan fingerprint density at radius 3 is 2.74 bits per heavy atom. The summed E-state index contributed by atoms with van der Waals surface area (Å²) in [5.41, 5.74) is 8.05. The molecule has 2 aliphatic rings. The van der Waals surface area contributed by atoms with E-state index in [-0.39, 0.29) is 11.9 Å². The van der Waals surface area contributed by atoms with E-state index in [0.29, 0.717) is 5.82 Å². The van der Waals surface area contributed by atoms with Gasteiger partial charge >= 0.3 is 0 Å². The first kappa shape index (κ1) is 17.9. The molecule has 0 amide bonds. The molecule has 27 heavy (non-hydrogen) atoms. The molecule has 0 spiro atoms. The van der Waals surface area contributed by atoms with Crippen LogP contribution in [0.4, 0.5) is 27.4 Å². The number of nitrogens with one attached hydrogen (secondary N) is 1. The fourth-order valence-corrected chi connectivity index (χ4v) is 3.83. The maximum absolute atomic E-state index is 13.6. The van der Waals surface area contributed by atoms with Gasteiger partial charge in [-0.3, -0.25) is 0 Å². The highest BCUT2D eigenvalue weighted by Crippen LogP contribution is 2.25. The second kappa shape index (κ2) is 8.00. The summed E-state index contributed by atoms with van der Waals surface area (Å²) in [7, 11) is 0. The molecule has 1 aromatic heterocycles. The maximum Gasteiger partial charge on any atom is 0.130 e. The molecule has 3 heterocycles. The molecule has 0 aliphatic carbocycles. The fraction of sp³-hybridized carbons (Fsp3) is 0.450. The first-order valence-corrected chi connectivity index (χ1v) is 9.55. The Balaban J connectivity index is 1.46. The van der Waals surface area contributed by atoms with Gasteiger partial charge in [0.1, 0.15) is 17.5 Å². The van der Waals surface area contributed by atoms with E-state index in [4.69, 9.17) is 10.5 Å². The largest absolute Gasteiger partial charge is 0.384 e. The van der Waals surface area contributed by atoms with Gasteiger partial charge in [0, 0.05) is 55.7 Å². The molecule has 144 valence electrons. The Bertz CT molecular complexity index is 781. The van der Waals surface area contributed by atoms with Gasteiger partial charge in [-0.15, -0.1) is 0 Å². The number of morpholine rings is 1. The summed E-state index contributed by atoms with van der Waals surface area (Å²) in [6, 6.07) is 11.0. The third-order valence-corrected chi connectivity index (χ3v) is 5.15. The number of hydrogen-bond acceptors (Lipinski definition) is 6. The van der Waals surface area contributed by atoms with Crippen molar-refractivity contribution < 1.29 is 9.13 Å². The molecular formula is C20H26FN5O. The van der Waals surface area contributed by atoms with Crippen LogP contribution in [0, 0.1) is 5.82 Å². The normalized spacial score (nSPS) is 20.6. The van der Waals surface area contributed by atoms with Crippen molar-refractivity contribution in [2.75, 3.05) is 60.2 Å². The second-order valence-corrected chi connectivity index (χ2v) is 7.14. The minimum atomic E-state index is -0.199. The van der Waals surface area contributed by atoms with Crippen molar-refractivity contribution >= 4 is 23.0 Å². The summed E-state index contributed by atoms with van der Waals surface area (Å²) in [5, 5.41) is 3.53. The van der Waals surface area contributed by atoms with Crippen molar-refractivity contribution in [3.63, 3.8) is 0 Å². The van der Waals surface area contributed by atoms with E-state index in [1.165, 1.54) is 6.07 Å². The van der Waals surface area contributed by atoms with Gasteiger partial charge in [-0.1, -0.05) is 6.07 Å². The van der Waals surface area contributed by atoms with Gasteiger partial charge in [0.15, 0.2) is 0 Å². The van der Waals surface area contributed by atoms with Crippen LogP contribution in [0.5, 0.6) is 0 Å². The van der Waals surface area contributed by atoms with E-state index in [0.717, 1.165) is 69.4 Å². The van der Waals surface area contributed by atoms with Crippen molar-refractivity contribution in [1.29, 1.82) is 0 Å². The fourth-order valence-electron chi connectivity index (χ4n) is 3.83. The number of nitrogens with zero attached hydrogens (tertiary/aromatic N) is 3. The average Bonchev–Trinajstić information content (AvgIpc) is 2.68. The second-order valence-electron chi connectivity index (χ2n) is 7.14. The molecule has 1 aromatic carbocycles. The molecule has 0 unspecified atom stereocenters. The van der Waals surface area contributed by atoms with E-state index in [1.54, 1.807) is 12.1 Å². The van der Waals surface area contributed by atoms with Crippen LogP contribution >= 0.6 is 0 Å². The zero-order chi connectivity index (χ0) is 18.6. The number of benzene rings is 1. The van der Waals surface area contributed by atoms with E-state index in [2.05, 4.69) is 26.2 Å². The summed E-state index contributed by atoms with van der Waals surface area (Å²) in [4.78, 5) is 8.96. The van der Waals surface area contributed by atoms with Crippen molar-refractivity contribution in [2.24, 2.45) is 0 Å². The Hall–Kier alpha value is -2.54. The number of pyridine rings is 1. The van der Waals surface area contributed by atoms with Gasteiger partial charge in [0.25, 0.3) is 0 Å². The molecule has 7 heteroatoms. The number of nitrogen functional groups attached to an aromatic ring is 1. The van der Waals surface area contributed by atoms with Crippen molar-refractivity contribution in [1.82, 2.24) is 4.98 Å². The highest BCUT2D eigenvalue weighted by Gasteiger charge is 2.21. The van der Waals surface area contributed by atoms with Gasteiger partial charge in [0.2, 0.25) is 0 Å². The van der Waals surface area contributed by atoms with Crippen molar-refractivity contribution in [3.05, 3.63) is 42.2 Å². The monoisotopic (exact) mass is 371 g/mol. The van der Waals surface area contributed by atoms with E-state index in [1.807, 2.05) is 12.1 Å². The standard InChI is InChI=1S/C20H26FN5O/c21-15-3-1-5-17(11-15)26-6-2-4-16(14-26)23-20-13-18(12-19(22)24-20)25-7-9-27-10-8-25/h1,3,5,11-13,16H,2,4,6-10,14H2,(H3,22,23,24)/t16-/m1/s1. The van der Waals surface area contributed by atoms with Gasteiger partial charge in [0.05, 0.1) is 13.2 Å². The minimum Gasteiger partial charge on any atom is -0.384 e. The molecular weight excluding hydrogens is 345 g/mol. The number of ether oxygens (including phenoxy) is 1. The van der Waals surface area contributed by atoms with Crippen molar-refractivity contribution in [2.45, 2.75) is 18.9 Å². The molecule has 4 rings (SSSR count). The summed E-state index contributed by atoms with van der Waals surface area (Å²) >= 11 is 0. The lowest BCUT2D eigenvalue weighted by molar-refractivity contribution is 0.122. The predicted molar refractivity (Wildman–Crippen MR) is 107 cm³/mol. The summed E-state index contributed by atoms with van der Waals surface area (Å²) in [5.74, 6) is 1.11. The van der Waals surface area contributed by atoms with Crippen LogP contribution in [0.25, 0.3) is 0 Å². The zero-order valence-electron chi connectivity index (χ0n) is 15.4. The van der Waals surface area contributed by atoms with E-state index in [9.17, 15) is 4.39 Å². The van der Waals surface area contributed by atoms with Gasteiger partial charge in [-0.05, 0) is 31.0 Å². The highest BCUT2D eigenvalue weighted by molar-refractivity contribution is 5.61. The Morgan fingerprint density at radius 2 is 1.93 bits per heavy atom. The summed E-state index contributed by atoms with van der Waals surface area (Å²) in [6.45, 7) is 4.93. The Labute approximate surface area is 159 Å². The molecule has 2 aromatic rings. The summed E-state index contributed by atoms with van der Waals surface area (Å²) < 4.78 is 19.0. The molecule has 1 atom stereocenters. The van der Waals surface area contributed by atoms with E-state index < -0.39 is 0 Å². The average molecular weight is 371 g/mol. The molecule has 2 aliphatic heterocycles. The number of anilines is 4. The van der Waals surface area contributed by atoms with Crippen LogP contribution in [0.1, 0.15) is 12.8 Å². The number of piperidine rings is 1. The third kappa shape index (κ3) is 4.42. The number of rotatable bonds is 4. The van der Waals surface area contributed by atoms with Crippen LogP contribution < -0.4 is 20.9 Å². The molecule has 0 saturated carbocycles. The lowest BCUT2D eigenvalue weighted by Gasteiger charge is -2.35. The number of hydrogen-bond donors (Lipinski definition) is 2. The van der Waals surface area contributed by atoms with Gasteiger partial charge in [-0.25, -0.2) is 9.37 Å². The maximum atomic E-state index is 13.6. The first-order valence-electron chi connectivity index (χ1n) is 9.55. The number of aromatic nitrogens is 1. The predicted octanol–water partition coefficient (Wildman–Crippen LogP) is 2.72. The van der Waals surface area contributed by atoms with Crippen molar-refractivity contribution in [3.8, 4) is 0 Å². The van der Waals surface area contributed by atoms with Gasteiger partial charge in [-0.2, -0.15) is 0 Å². The smallest absolute Gasteiger partial charge is 0.130 e. The summed E-state index contributed by atoms with van der Waals surface area (Å²) in [6.07, 6.45) is 2.10. The molecule has 0 bridgehead atoms. The third-order valence-electron chi connectivity index (χ3n) is 5.15. The lowest BCUT2D eigenvalue weighted by Crippen LogP contribution is -2.42. The van der Waals surface area contributed by atoms with Crippen LogP contribution in [0.2, 0.25) is 0 Å². The minimum absolute atomic E-state index is 0.199. The number of halogens is 1. The van der Waals surface area contributed by atoms with Crippen LogP contribution in [-0.4, -0.2) is 50.4 Å². The van der Waals surface area contributed by atoms with E-state index >= 15 is 0 Å². The van der Waals surface area contributed by atoms with Crippen LogP contribution in [-0.2, 0) is 4.74 Å². The zero-order valence-corrected chi connectivity index (χ0v) is 15.4. The molecule has 2 fully saturated rings. The lowest BCUT2D eigenvalue weighted by atomic mass is 10.0. The molecule has 6 nitrogen and oxygen atoms in total. The molecule has 0 radical (unpaired) electrons.